The summed E-state index contributed by atoms with van der Waals surface area (Å²) < 4.78 is 7.78. The Hall–Kier alpha value is -2.89. The molecule has 0 radical (unpaired) electrons. The zero-order valence-electron chi connectivity index (χ0n) is 15.0. The van der Waals surface area contributed by atoms with Gasteiger partial charge in [0.05, 0.1) is 11.4 Å². The topological polar surface area (TPSA) is 73.1 Å². The SMILES string of the molecule is Oc1cc(-n2cccn2)ccc1-c1ccc(O[C@H]2C[C@@H]3CC[C@@H](C3)C2)nn1. The Morgan fingerprint density at radius 3 is 2.52 bits per heavy atom. The van der Waals surface area contributed by atoms with Crippen molar-refractivity contribution < 1.29 is 9.84 Å². The number of hydrogen-bond acceptors (Lipinski definition) is 5. The minimum Gasteiger partial charge on any atom is -0.507 e. The van der Waals surface area contributed by atoms with Gasteiger partial charge in [0.15, 0.2) is 0 Å². The average molecular weight is 362 g/mol. The minimum atomic E-state index is 0.148. The van der Waals surface area contributed by atoms with E-state index >= 15 is 0 Å². The zero-order valence-corrected chi connectivity index (χ0v) is 15.0. The van der Waals surface area contributed by atoms with E-state index in [0.29, 0.717) is 17.1 Å². The van der Waals surface area contributed by atoms with E-state index in [0.717, 1.165) is 30.4 Å². The lowest BCUT2D eigenvalue weighted by Gasteiger charge is -2.27. The van der Waals surface area contributed by atoms with E-state index in [1.165, 1.54) is 19.3 Å². The smallest absolute Gasteiger partial charge is 0.233 e. The van der Waals surface area contributed by atoms with Gasteiger partial charge in [0.1, 0.15) is 11.9 Å². The number of phenolic OH excluding ortho intramolecular Hbond substituents is 1. The molecule has 5 rings (SSSR count). The standard InChI is InChI=1S/C21H22N4O2/c26-20-13-16(25-9-1-8-22-25)4-5-18(20)19-6-7-21(24-23-19)27-17-11-14-2-3-15(10-14)12-17/h1,4-9,13-15,17,26H,2-3,10-12H2/t14-,15+,17+. The maximum absolute atomic E-state index is 10.4. The summed E-state index contributed by atoms with van der Waals surface area (Å²) in [4.78, 5) is 0. The molecule has 6 nitrogen and oxygen atoms in total. The molecule has 3 atom stereocenters. The Bertz CT molecular complexity index is 912. The van der Waals surface area contributed by atoms with E-state index < -0.39 is 0 Å². The predicted octanol–water partition coefficient (Wildman–Crippen LogP) is 3.99. The Morgan fingerprint density at radius 1 is 1.00 bits per heavy atom. The number of rotatable bonds is 4. The van der Waals surface area contributed by atoms with Gasteiger partial charge >= 0.3 is 0 Å². The summed E-state index contributed by atoms with van der Waals surface area (Å²) in [7, 11) is 0. The summed E-state index contributed by atoms with van der Waals surface area (Å²) in [5.41, 5.74) is 2.05. The Kier molecular flexibility index (Phi) is 4.03. The minimum absolute atomic E-state index is 0.148. The molecule has 0 spiro atoms. The molecule has 138 valence electrons. The molecule has 1 N–H and O–H groups in total. The van der Waals surface area contributed by atoms with Crippen molar-refractivity contribution in [3.63, 3.8) is 0 Å². The number of fused-ring (bicyclic) bond motifs is 2. The first-order chi connectivity index (χ1) is 13.2. The third-order valence-corrected chi connectivity index (χ3v) is 5.80. The van der Waals surface area contributed by atoms with Crippen molar-refractivity contribution >= 4 is 0 Å². The van der Waals surface area contributed by atoms with Crippen LogP contribution in [-0.2, 0) is 0 Å². The van der Waals surface area contributed by atoms with E-state index in [9.17, 15) is 5.11 Å². The van der Waals surface area contributed by atoms with Crippen molar-refractivity contribution in [3.8, 4) is 28.6 Å². The largest absolute Gasteiger partial charge is 0.507 e. The molecular weight excluding hydrogens is 340 g/mol. The number of hydrogen-bond donors (Lipinski definition) is 1. The van der Waals surface area contributed by atoms with Gasteiger partial charge in [-0.3, -0.25) is 0 Å². The highest BCUT2D eigenvalue weighted by Gasteiger charge is 2.35. The fourth-order valence-corrected chi connectivity index (χ4v) is 4.54. The first-order valence-corrected chi connectivity index (χ1v) is 9.58. The van der Waals surface area contributed by atoms with Crippen molar-refractivity contribution in [2.75, 3.05) is 0 Å². The van der Waals surface area contributed by atoms with E-state index in [2.05, 4.69) is 15.3 Å². The Labute approximate surface area is 157 Å². The second-order valence-corrected chi connectivity index (χ2v) is 7.67. The highest BCUT2D eigenvalue weighted by molar-refractivity contribution is 5.68. The number of ether oxygens (including phenoxy) is 1. The van der Waals surface area contributed by atoms with Crippen LogP contribution in [0.3, 0.4) is 0 Å². The number of aromatic hydroxyl groups is 1. The van der Waals surface area contributed by atoms with Crippen LogP contribution in [0, 0.1) is 11.8 Å². The van der Waals surface area contributed by atoms with Crippen LogP contribution < -0.4 is 4.74 Å². The van der Waals surface area contributed by atoms with Crippen LogP contribution in [-0.4, -0.2) is 31.2 Å². The molecule has 2 heterocycles. The lowest BCUT2D eigenvalue weighted by molar-refractivity contribution is 0.113. The molecule has 1 aromatic carbocycles. The Morgan fingerprint density at radius 2 is 1.85 bits per heavy atom. The van der Waals surface area contributed by atoms with E-state index in [4.69, 9.17) is 4.74 Å². The summed E-state index contributed by atoms with van der Waals surface area (Å²) in [5.74, 6) is 2.37. The zero-order chi connectivity index (χ0) is 18.2. The lowest BCUT2D eigenvalue weighted by atomic mass is 9.87. The maximum atomic E-state index is 10.4. The van der Waals surface area contributed by atoms with Gasteiger partial charge in [-0.25, -0.2) is 4.68 Å². The fraction of sp³-hybridized carbons (Fsp3) is 0.381. The molecule has 0 aliphatic heterocycles. The monoisotopic (exact) mass is 362 g/mol. The number of nitrogens with zero attached hydrogens (tertiary/aromatic N) is 4. The molecular formula is C21H22N4O2. The molecule has 0 amide bonds. The van der Waals surface area contributed by atoms with Crippen LogP contribution in [0.25, 0.3) is 16.9 Å². The molecule has 2 aliphatic carbocycles. The summed E-state index contributed by atoms with van der Waals surface area (Å²) in [5, 5.41) is 23.1. The second kappa shape index (κ2) is 6.68. The van der Waals surface area contributed by atoms with Crippen LogP contribution in [0.1, 0.15) is 32.1 Å². The van der Waals surface area contributed by atoms with Gasteiger partial charge in [-0.05, 0) is 55.4 Å². The Balaban J connectivity index is 1.31. The highest BCUT2D eigenvalue weighted by Crippen LogP contribution is 2.43. The first-order valence-electron chi connectivity index (χ1n) is 9.58. The molecule has 2 fully saturated rings. The van der Waals surface area contributed by atoms with E-state index in [1.807, 2.05) is 36.5 Å². The van der Waals surface area contributed by atoms with Crippen molar-refractivity contribution in [1.29, 1.82) is 0 Å². The average Bonchev–Trinajstić information content (AvgIpc) is 3.32. The molecule has 3 aromatic rings. The van der Waals surface area contributed by atoms with E-state index in [1.54, 1.807) is 16.9 Å². The van der Waals surface area contributed by atoms with Crippen LogP contribution in [0.5, 0.6) is 11.6 Å². The molecule has 2 aromatic heterocycles. The summed E-state index contributed by atoms with van der Waals surface area (Å²) in [6, 6.07) is 10.9. The lowest BCUT2D eigenvalue weighted by Crippen LogP contribution is -2.26. The predicted molar refractivity (Wildman–Crippen MR) is 101 cm³/mol. The van der Waals surface area contributed by atoms with Crippen LogP contribution >= 0.6 is 0 Å². The highest BCUT2D eigenvalue weighted by atomic mass is 16.5. The molecule has 2 aliphatic rings. The molecule has 27 heavy (non-hydrogen) atoms. The third kappa shape index (κ3) is 3.27. The molecule has 2 saturated carbocycles. The normalized spacial score (nSPS) is 24.1. The van der Waals surface area contributed by atoms with Crippen LogP contribution in [0.4, 0.5) is 0 Å². The van der Waals surface area contributed by atoms with Crippen LogP contribution in [0.15, 0.2) is 48.8 Å². The van der Waals surface area contributed by atoms with Gasteiger partial charge in [0.2, 0.25) is 5.88 Å². The second-order valence-electron chi connectivity index (χ2n) is 7.67. The van der Waals surface area contributed by atoms with Gasteiger partial charge in [0.25, 0.3) is 0 Å². The van der Waals surface area contributed by atoms with Crippen molar-refractivity contribution in [3.05, 3.63) is 48.8 Å². The quantitative estimate of drug-likeness (QED) is 0.760. The van der Waals surface area contributed by atoms with Gasteiger partial charge in [0, 0.05) is 30.1 Å². The van der Waals surface area contributed by atoms with Gasteiger partial charge in [-0.15, -0.1) is 10.2 Å². The van der Waals surface area contributed by atoms with Gasteiger partial charge < -0.3 is 9.84 Å². The first kappa shape index (κ1) is 16.3. The van der Waals surface area contributed by atoms with Gasteiger partial charge in [-0.1, -0.05) is 12.8 Å². The van der Waals surface area contributed by atoms with Gasteiger partial charge in [-0.2, -0.15) is 5.10 Å². The van der Waals surface area contributed by atoms with Crippen molar-refractivity contribution in [1.82, 2.24) is 20.0 Å². The number of benzene rings is 1. The van der Waals surface area contributed by atoms with Crippen molar-refractivity contribution in [2.45, 2.75) is 38.2 Å². The summed E-state index contributed by atoms with van der Waals surface area (Å²) in [6.45, 7) is 0. The van der Waals surface area contributed by atoms with E-state index in [-0.39, 0.29) is 11.9 Å². The maximum Gasteiger partial charge on any atom is 0.233 e. The van der Waals surface area contributed by atoms with Crippen molar-refractivity contribution in [2.24, 2.45) is 11.8 Å². The summed E-state index contributed by atoms with van der Waals surface area (Å²) >= 11 is 0. The number of phenols is 1. The number of aromatic nitrogens is 4. The third-order valence-electron chi connectivity index (χ3n) is 5.80. The fourth-order valence-electron chi connectivity index (χ4n) is 4.54. The molecule has 2 bridgehead atoms. The van der Waals surface area contributed by atoms with Crippen LogP contribution in [0.2, 0.25) is 0 Å². The molecule has 0 saturated heterocycles. The molecule has 6 heteroatoms. The molecule has 0 unspecified atom stereocenters. The summed E-state index contributed by atoms with van der Waals surface area (Å²) in [6.07, 6.45) is 10.1.